The maximum atomic E-state index is 14.7. The maximum absolute atomic E-state index is 14.7. The van der Waals surface area contributed by atoms with Crippen LogP contribution in [0.2, 0.25) is 0 Å². The van der Waals surface area contributed by atoms with Crippen LogP contribution in [0.4, 0.5) is 10.1 Å². The minimum absolute atomic E-state index is 0.124. The van der Waals surface area contributed by atoms with Gasteiger partial charge >= 0.3 is 0 Å². The highest BCUT2D eigenvalue weighted by Gasteiger charge is 2.36. The lowest BCUT2D eigenvalue weighted by atomic mass is 9.88. The number of primary amides is 1. The van der Waals surface area contributed by atoms with Crippen molar-refractivity contribution in [2.24, 2.45) is 17.6 Å². The molecule has 8 heteroatoms. The zero-order valence-corrected chi connectivity index (χ0v) is 17.2. The Morgan fingerprint density at radius 3 is 2.93 bits per heavy atom. The first-order valence-electron chi connectivity index (χ1n) is 10.5. The van der Waals surface area contributed by atoms with Crippen LogP contribution in [0.3, 0.4) is 0 Å². The van der Waals surface area contributed by atoms with E-state index in [1.54, 1.807) is 6.20 Å². The van der Waals surface area contributed by atoms with Crippen LogP contribution in [0.1, 0.15) is 31.7 Å². The molecule has 4 atom stereocenters. The Kier molecular flexibility index (Phi) is 5.82. The number of fused-ring (bicyclic) bond motifs is 1. The highest BCUT2D eigenvalue weighted by molar-refractivity contribution is 5.94. The van der Waals surface area contributed by atoms with Gasteiger partial charge in [-0.1, -0.05) is 6.92 Å². The summed E-state index contributed by atoms with van der Waals surface area (Å²) < 4.78 is 14.7. The highest BCUT2D eigenvalue weighted by atomic mass is 19.1. The zero-order chi connectivity index (χ0) is 21.3. The number of likely N-dealkylation sites (tertiary alicyclic amines) is 1. The fourth-order valence-electron chi connectivity index (χ4n) is 5.01. The molecular formula is C22H27FN6O. The van der Waals surface area contributed by atoms with Crippen molar-refractivity contribution in [3.63, 3.8) is 0 Å². The number of amides is 1. The van der Waals surface area contributed by atoms with Crippen LogP contribution < -0.4 is 10.6 Å². The van der Waals surface area contributed by atoms with Gasteiger partial charge in [-0.2, -0.15) is 5.26 Å². The van der Waals surface area contributed by atoms with Gasteiger partial charge in [-0.15, -0.1) is 0 Å². The average Bonchev–Trinajstić information content (AvgIpc) is 2.73. The first-order chi connectivity index (χ1) is 14.5. The van der Waals surface area contributed by atoms with Gasteiger partial charge in [0.05, 0.1) is 11.1 Å². The van der Waals surface area contributed by atoms with Gasteiger partial charge in [0.25, 0.3) is 0 Å². The summed E-state index contributed by atoms with van der Waals surface area (Å²) >= 11 is 0. The predicted molar refractivity (Wildman–Crippen MR) is 112 cm³/mol. The normalized spacial score (nSPS) is 27.7. The number of carbonyl (C=O) groups excluding carboxylic acids is 1. The Labute approximate surface area is 175 Å². The third-order valence-electron chi connectivity index (χ3n) is 6.44. The van der Waals surface area contributed by atoms with Gasteiger partial charge in [-0.3, -0.25) is 9.69 Å². The Bertz CT molecular complexity index is 976. The second-order valence-corrected chi connectivity index (χ2v) is 8.66. The van der Waals surface area contributed by atoms with Crippen LogP contribution in [0, 0.1) is 23.2 Å². The summed E-state index contributed by atoms with van der Waals surface area (Å²) in [4.78, 5) is 24.2. The van der Waals surface area contributed by atoms with Crippen molar-refractivity contribution in [3.05, 3.63) is 30.2 Å². The number of hydrogen-bond acceptors (Lipinski definition) is 6. The molecule has 1 amide bonds. The number of nitrogens with zero attached hydrogens (tertiary/aromatic N) is 5. The molecule has 0 bridgehead atoms. The second-order valence-electron chi connectivity index (χ2n) is 8.66. The molecule has 0 radical (unpaired) electrons. The maximum Gasteiger partial charge on any atom is 0.217 e. The first kappa shape index (κ1) is 20.5. The van der Waals surface area contributed by atoms with Gasteiger partial charge in [0, 0.05) is 55.3 Å². The summed E-state index contributed by atoms with van der Waals surface area (Å²) in [5, 5.41) is 10.3. The van der Waals surface area contributed by atoms with Crippen LogP contribution in [-0.2, 0) is 4.79 Å². The largest absolute Gasteiger partial charge is 0.370 e. The monoisotopic (exact) mass is 410 g/mol. The van der Waals surface area contributed by atoms with E-state index in [4.69, 9.17) is 5.73 Å². The van der Waals surface area contributed by atoms with Crippen molar-refractivity contribution < 1.29 is 9.18 Å². The average molecular weight is 410 g/mol. The zero-order valence-electron chi connectivity index (χ0n) is 17.2. The Hall–Kier alpha value is -2.79. The SMILES string of the molecule is C[C@H]1C[C@@H](N2CCC(CC(N)=O)C(F)C2)CN(c2ccc(C#N)c3ncncc23)C1. The van der Waals surface area contributed by atoms with E-state index in [2.05, 4.69) is 32.8 Å². The Morgan fingerprint density at radius 2 is 2.20 bits per heavy atom. The molecule has 3 heterocycles. The quantitative estimate of drug-likeness (QED) is 0.830. The van der Waals surface area contributed by atoms with E-state index in [1.165, 1.54) is 6.33 Å². The van der Waals surface area contributed by atoms with Crippen LogP contribution in [0.5, 0.6) is 0 Å². The van der Waals surface area contributed by atoms with Gasteiger partial charge in [0.15, 0.2) is 0 Å². The molecule has 2 aliphatic heterocycles. The van der Waals surface area contributed by atoms with E-state index in [9.17, 15) is 14.4 Å². The fourth-order valence-corrected chi connectivity index (χ4v) is 5.01. The molecule has 2 N–H and O–H groups in total. The van der Waals surface area contributed by atoms with Gasteiger partial charge in [-0.25, -0.2) is 14.4 Å². The summed E-state index contributed by atoms with van der Waals surface area (Å²) in [6, 6.07) is 6.21. The molecule has 2 aliphatic rings. The van der Waals surface area contributed by atoms with E-state index in [-0.39, 0.29) is 18.4 Å². The predicted octanol–water partition coefficient (Wildman–Crippen LogP) is 2.25. The summed E-state index contributed by atoms with van der Waals surface area (Å²) in [6.45, 7) is 5.02. The fraction of sp³-hybridized carbons (Fsp3) is 0.545. The van der Waals surface area contributed by atoms with Crippen molar-refractivity contribution in [1.29, 1.82) is 5.26 Å². The van der Waals surface area contributed by atoms with Crippen molar-refractivity contribution >= 4 is 22.5 Å². The second kappa shape index (κ2) is 8.52. The number of halogens is 1. The van der Waals surface area contributed by atoms with E-state index in [0.29, 0.717) is 30.0 Å². The summed E-state index contributed by atoms with van der Waals surface area (Å²) in [5.74, 6) is -0.251. The lowest BCUT2D eigenvalue weighted by molar-refractivity contribution is -0.120. The molecule has 0 spiro atoms. The van der Waals surface area contributed by atoms with E-state index >= 15 is 0 Å². The molecule has 1 aromatic heterocycles. The number of rotatable bonds is 4. The van der Waals surface area contributed by atoms with Crippen LogP contribution in [0.15, 0.2) is 24.7 Å². The Morgan fingerprint density at radius 1 is 1.37 bits per heavy atom. The number of hydrogen-bond donors (Lipinski definition) is 1. The summed E-state index contributed by atoms with van der Waals surface area (Å²) in [7, 11) is 0. The van der Waals surface area contributed by atoms with Gasteiger partial charge in [0.1, 0.15) is 18.6 Å². The molecule has 1 aromatic carbocycles. The van der Waals surface area contributed by atoms with E-state index in [0.717, 1.165) is 37.1 Å². The van der Waals surface area contributed by atoms with Crippen molar-refractivity contribution in [2.45, 2.75) is 38.4 Å². The number of aromatic nitrogens is 2. The third-order valence-corrected chi connectivity index (χ3v) is 6.44. The number of benzene rings is 1. The molecule has 4 rings (SSSR count). The van der Waals surface area contributed by atoms with Crippen molar-refractivity contribution in [2.75, 3.05) is 31.1 Å². The number of piperidine rings is 2. The van der Waals surface area contributed by atoms with Crippen molar-refractivity contribution in [3.8, 4) is 6.07 Å². The minimum atomic E-state index is -1.03. The third kappa shape index (κ3) is 4.08. The first-order valence-corrected chi connectivity index (χ1v) is 10.5. The molecule has 2 fully saturated rings. The highest BCUT2D eigenvalue weighted by Crippen LogP contribution is 2.33. The van der Waals surface area contributed by atoms with Crippen LogP contribution in [-0.4, -0.2) is 59.2 Å². The molecule has 158 valence electrons. The number of nitrogens with two attached hydrogens (primary N) is 1. The number of nitriles is 1. The van der Waals surface area contributed by atoms with Crippen LogP contribution >= 0.6 is 0 Å². The lowest BCUT2D eigenvalue weighted by Gasteiger charge is -2.46. The molecular weight excluding hydrogens is 383 g/mol. The Balaban J connectivity index is 1.55. The van der Waals surface area contributed by atoms with Crippen LogP contribution in [0.25, 0.3) is 10.9 Å². The molecule has 2 aromatic rings. The molecule has 0 saturated carbocycles. The van der Waals surface area contributed by atoms with Gasteiger partial charge in [-0.05, 0) is 37.4 Å². The number of alkyl halides is 1. The standard InChI is InChI=1S/C22H27FN6O/c1-14-6-17(28-5-4-15(7-21(25)30)19(23)12-28)11-29(10-14)20-3-2-16(8-24)22-18(20)9-26-13-27-22/h2-3,9,13-15,17,19H,4-7,10-12H2,1H3,(H2,25,30)/t14-,15?,17+,19?/m0/s1. The molecule has 30 heavy (non-hydrogen) atoms. The van der Waals surface area contributed by atoms with E-state index < -0.39 is 12.1 Å². The molecule has 2 unspecified atom stereocenters. The summed E-state index contributed by atoms with van der Waals surface area (Å²) in [6.07, 6.45) is 3.99. The number of anilines is 1. The van der Waals surface area contributed by atoms with Crippen molar-refractivity contribution in [1.82, 2.24) is 14.9 Å². The van der Waals surface area contributed by atoms with E-state index in [1.807, 2.05) is 12.1 Å². The number of carbonyl (C=O) groups is 1. The van der Waals surface area contributed by atoms with Gasteiger partial charge < -0.3 is 10.6 Å². The molecule has 7 nitrogen and oxygen atoms in total. The molecule has 0 aliphatic carbocycles. The van der Waals surface area contributed by atoms with Gasteiger partial charge in [0.2, 0.25) is 5.91 Å². The lowest BCUT2D eigenvalue weighted by Crippen LogP contribution is -2.55. The molecule has 2 saturated heterocycles. The minimum Gasteiger partial charge on any atom is -0.370 e. The topological polar surface area (TPSA) is 99.1 Å². The summed E-state index contributed by atoms with van der Waals surface area (Å²) in [5.41, 5.74) is 7.49. The smallest absolute Gasteiger partial charge is 0.217 e.